The number of hydrogen-bond acceptors (Lipinski definition) is 3. The zero-order chi connectivity index (χ0) is 15.1. The van der Waals surface area contributed by atoms with Crippen LogP contribution < -0.4 is 0 Å². The van der Waals surface area contributed by atoms with Crippen LogP contribution in [0, 0.1) is 16.7 Å². The van der Waals surface area contributed by atoms with Crippen LogP contribution in [0.4, 0.5) is 0 Å². The molecule has 0 N–H and O–H groups in total. The minimum Gasteiger partial charge on any atom is -0.461 e. The first kappa shape index (κ1) is 14.6. The molecule has 0 saturated heterocycles. The van der Waals surface area contributed by atoms with E-state index in [2.05, 4.69) is 32.9 Å². The highest BCUT2D eigenvalue weighted by Gasteiger charge is 2.67. The molecule has 3 rings (SSSR count). The minimum absolute atomic E-state index is 0.0170. The lowest BCUT2D eigenvalue weighted by Crippen LogP contribution is -2.42. The Morgan fingerprint density at radius 2 is 1.95 bits per heavy atom. The van der Waals surface area contributed by atoms with Crippen LogP contribution >= 0.6 is 0 Å². The third-order valence-electron chi connectivity index (χ3n) is 6.18. The Hall–Kier alpha value is -1.35. The molecule has 0 spiro atoms. The summed E-state index contributed by atoms with van der Waals surface area (Å²) >= 11 is 0. The molecule has 3 nitrogen and oxygen atoms in total. The van der Waals surface area contributed by atoms with E-state index in [1.165, 1.54) is 0 Å². The van der Waals surface area contributed by atoms with E-state index in [1.807, 2.05) is 18.2 Å². The molecular weight excluding hydrogens is 264 g/mol. The van der Waals surface area contributed by atoms with Crippen LogP contribution in [-0.2, 0) is 20.9 Å². The fourth-order valence-corrected chi connectivity index (χ4v) is 4.49. The van der Waals surface area contributed by atoms with Crippen LogP contribution in [0.25, 0.3) is 0 Å². The van der Waals surface area contributed by atoms with E-state index >= 15 is 0 Å². The molecule has 2 saturated carbocycles. The molecule has 0 unspecified atom stereocenters. The lowest BCUT2D eigenvalue weighted by atomic mass is 9.70. The first-order valence-electron chi connectivity index (χ1n) is 7.75. The predicted octanol–water partition coefficient (Wildman–Crippen LogP) is 3.57. The average Bonchev–Trinajstić information content (AvgIpc) is 2.78. The minimum atomic E-state index is -0.111. The highest BCUT2D eigenvalue weighted by atomic mass is 16.6. The zero-order valence-electron chi connectivity index (χ0n) is 13.0. The maximum atomic E-state index is 10.9. The Balaban J connectivity index is 1.80. The van der Waals surface area contributed by atoms with Gasteiger partial charge in [-0.3, -0.25) is 4.79 Å². The number of carbonyl (C=O) groups is 1. The van der Waals surface area contributed by atoms with Gasteiger partial charge in [-0.2, -0.15) is 0 Å². The third kappa shape index (κ3) is 2.10. The van der Waals surface area contributed by atoms with Crippen molar-refractivity contribution >= 4 is 6.47 Å². The normalized spacial score (nSPS) is 36.6. The third-order valence-corrected chi connectivity index (χ3v) is 6.18. The summed E-state index contributed by atoms with van der Waals surface area (Å²) in [6, 6.07) is 10.2. The topological polar surface area (TPSA) is 35.5 Å². The highest BCUT2D eigenvalue weighted by Crippen LogP contribution is 2.66. The lowest BCUT2D eigenvalue weighted by molar-refractivity contribution is -0.153. The number of carbonyl (C=O) groups excluding carboxylic acids is 1. The molecule has 0 heterocycles. The Bertz CT molecular complexity index is 510. The van der Waals surface area contributed by atoms with E-state index in [9.17, 15) is 4.79 Å². The molecule has 1 aromatic carbocycles. The van der Waals surface area contributed by atoms with Gasteiger partial charge < -0.3 is 9.47 Å². The summed E-state index contributed by atoms with van der Waals surface area (Å²) in [5.74, 6) is 0.397. The van der Waals surface area contributed by atoms with Gasteiger partial charge in [0, 0.05) is 11.3 Å². The molecule has 4 atom stereocenters. The van der Waals surface area contributed by atoms with Crippen LogP contribution in [-0.4, -0.2) is 18.7 Å². The maximum absolute atomic E-state index is 10.9. The quantitative estimate of drug-likeness (QED) is 0.777. The second-order valence-corrected chi connectivity index (χ2v) is 7.20. The second kappa shape index (κ2) is 5.13. The van der Waals surface area contributed by atoms with Gasteiger partial charge >= 0.3 is 0 Å². The Morgan fingerprint density at radius 1 is 1.24 bits per heavy atom. The molecule has 0 aromatic heterocycles. The van der Waals surface area contributed by atoms with Crippen LogP contribution in [0.2, 0.25) is 0 Å². The first-order chi connectivity index (χ1) is 10.0. The zero-order valence-corrected chi connectivity index (χ0v) is 13.0. The van der Waals surface area contributed by atoms with E-state index in [0.29, 0.717) is 19.0 Å². The molecule has 114 valence electrons. The summed E-state index contributed by atoms with van der Waals surface area (Å²) in [4.78, 5) is 10.9. The van der Waals surface area contributed by atoms with Gasteiger partial charge in [-0.1, -0.05) is 51.1 Å². The SMILES string of the molecule is CC1(C)[C@H]2CC[C@@]1(C)[C@@H](OCc1ccccc1)[C@@H]2OC=O. The van der Waals surface area contributed by atoms with Gasteiger partial charge in [0.1, 0.15) is 12.2 Å². The van der Waals surface area contributed by atoms with Gasteiger partial charge in [-0.05, 0) is 23.8 Å². The van der Waals surface area contributed by atoms with Gasteiger partial charge in [-0.25, -0.2) is 0 Å². The number of ether oxygens (including phenoxy) is 2. The monoisotopic (exact) mass is 288 g/mol. The fourth-order valence-electron chi connectivity index (χ4n) is 4.49. The molecule has 2 aliphatic carbocycles. The van der Waals surface area contributed by atoms with Crippen molar-refractivity contribution in [3.63, 3.8) is 0 Å². The van der Waals surface area contributed by atoms with E-state index in [4.69, 9.17) is 9.47 Å². The van der Waals surface area contributed by atoms with E-state index in [-0.39, 0.29) is 23.0 Å². The number of fused-ring (bicyclic) bond motifs is 2. The van der Waals surface area contributed by atoms with Crippen LogP contribution in [0.15, 0.2) is 30.3 Å². The summed E-state index contributed by atoms with van der Waals surface area (Å²) in [6.07, 6.45) is 2.13. The van der Waals surface area contributed by atoms with Crippen LogP contribution in [0.3, 0.4) is 0 Å². The maximum Gasteiger partial charge on any atom is 0.293 e. The average molecular weight is 288 g/mol. The van der Waals surface area contributed by atoms with Crippen molar-refractivity contribution in [3.8, 4) is 0 Å². The van der Waals surface area contributed by atoms with Crippen molar-refractivity contribution in [1.82, 2.24) is 0 Å². The van der Waals surface area contributed by atoms with Crippen molar-refractivity contribution < 1.29 is 14.3 Å². The largest absolute Gasteiger partial charge is 0.461 e. The molecule has 2 fully saturated rings. The standard InChI is InChI=1S/C18H24O3/c1-17(2)14-9-10-18(17,3)16(15(14)21-12-19)20-11-13-7-5-4-6-8-13/h4-8,12,14-16H,9-11H2,1-3H3/t14-,15+,16-,18-/m0/s1. The summed E-state index contributed by atoms with van der Waals surface area (Å²) in [5, 5.41) is 0. The summed E-state index contributed by atoms with van der Waals surface area (Å²) in [6.45, 7) is 8.03. The first-order valence-corrected chi connectivity index (χ1v) is 7.75. The Morgan fingerprint density at radius 3 is 2.62 bits per heavy atom. The highest BCUT2D eigenvalue weighted by molar-refractivity contribution is 5.38. The van der Waals surface area contributed by atoms with Gasteiger partial charge in [0.05, 0.1) is 6.61 Å². The van der Waals surface area contributed by atoms with E-state index in [0.717, 1.165) is 18.4 Å². The summed E-state index contributed by atoms with van der Waals surface area (Å²) in [7, 11) is 0. The van der Waals surface area contributed by atoms with E-state index in [1.54, 1.807) is 0 Å². The molecule has 2 bridgehead atoms. The van der Waals surface area contributed by atoms with E-state index < -0.39 is 0 Å². The molecule has 0 aliphatic heterocycles. The lowest BCUT2D eigenvalue weighted by Gasteiger charge is -2.39. The van der Waals surface area contributed by atoms with Crippen LogP contribution in [0.1, 0.15) is 39.2 Å². The number of hydrogen-bond donors (Lipinski definition) is 0. The summed E-state index contributed by atoms with van der Waals surface area (Å²) < 4.78 is 11.7. The molecule has 21 heavy (non-hydrogen) atoms. The van der Waals surface area contributed by atoms with Crippen molar-refractivity contribution in [3.05, 3.63) is 35.9 Å². The van der Waals surface area contributed by atoms with Crippen LogP contribution in [0.5, 0.6) is 0 Å². The molecule has 0 radical (unpaired) electrons. The molecule has 1 aromatic rings. The smallest absolute Gasteiger partial charge is 0.293 e. The second-order valence-electron chi connectivity index (χ2n) is 7.20. The van der Waals surface area contributed by atoms with Gasteiger partial charge in [0.25, 0.3) is 6.47 Å². The van der Waals surface area contributed by atoms with Crippen molar-refractivity contribution in [2.45, 2.75) is 52.4 Å². The van der Waals surface area contributed by atoms with Crippen molar-refractivity contribution in [2.75, 3.05) is 0 Å². The number of rotatable bonds is 5. The predicted molar refractivity (Wildman–Crippen MR) is 80.6 cm³/mol. The van der Waals surface area contributed by atoms with Crippen molar-refractivity contribution in [2.24, 2.45) is 16.7 Å². The molecule has 0 amide bonds. The Labute approximate surface area is 126 Å². The van der Waals surface area contributed by atoms with Gasteiger partial charge in [0.15, 0.2) is 0 Å². The number of benzene rings is 1. The summed E-state index contributed by atoms with van der Waals surface area (Å²) in [5.41, 5.74) is 1.37. The Kier molecular flexibility index (Phi) is 3.56. The molecular formula is C18H24O3. The van der Waals surface area contributed by atoms with Gasteiger partial charge in [0.2, 0.25) is 0 Å². The fraction of sp³-hybridized carbons (Fsp3) is 0.611. The molecule has 2 aliphatic rings. The van der Waals surface area contributed by atoms with Crippen molar-refractivity contribution in [1.29, 1.82) is 0 Å². The molecule has 3 heteroatoms. The van der Waals surface area contributed by atoms with Gasteiger partial charge in [-0.15, -0.1) is 0 Å².